The Hall–Kier alpha value is -1.65. The van der Waals surface area contributed by atoms with Crippen LogP contribution in [0.5, 0.6) is 0 Å². The minimum atomic E-state index is 0.103. The summed E-state index contributed by atoms with van der Waals surface area (Å²) in [6, 6.07) is 8.03. The van der Waals surface area contributed by atoms with Crippen molar-refractivity contribution in [3.63, 3.8) is 0 Å². The fourth-order valence-electron chi connectivity index (χ4n) is 3.75. The van der Waals surface area contributed by atoms with Gasteiger partial charge in [-0.3, -0.25) is 4.79 Å². The van der Waals surface area contributed by atoms with Gasteiger partial charge in [0.05, 0.1) is 12.2 Å². The first-order valence-corrected chi connectivity index (χ1v) is 9.51. The van der Waals surface area contributed by atoms with Crippen LogP contribution in [0.3, 0.4) is 0 Å². The van der Waals surface area contributed by atoms with Crippen LogP contribution in [0.1, 0.15) is 49.0 Å². The Labute approximate surface area is 151 Å². The minimum Gasteiger partial charge on any atom is -0.372 e. The maximum Gasteiger partial charge on any atom is 0.254 e. The molecule has 1 heterocycles. The summed E-state index contributed by atoms with van der Waals surface area (Å²) in [4.78, 5) is 14.6. The van der Waals surface area contributed by atoms with E-state index < -0.39 is 0 Å². The number of ether oxygens (including phenoxy) is 1. The highest BCUT2D eigenvalue weighted by atomic mass is 16.5. The normalized spacial score (nSPS) is 26.6. The van der Waals surface area contributed by atoms with Crippen LogP contribution >= 0.6 is 0 Å². The molecule has 4 heteroatoms. The molecule has 0 spiro atoms. The van der Waals surface area contributed by atoms with Crippen molar-refractivity contribution in [2.24, 2.45) is 5.92 Å². The van der Waals surface area contributed by atoms with Crippen molar-refractivity contribution in [3.05, 3.63) is 47.5 Å². The van der Waals surface area contributed by atoms with Crippen molar-refractivity contribution < 1.29 is 9.53 Å². The van der Waals surface area contributed by atoms with Gasteiger partial charge >= 0.3 is 0 Å². The van der Waals surface area contributed by atoms with Gasteiger partial charge < -0.3 is 15.0 Å². The quantitative estimate of drug-likeness (QED) is 0.834. The molecule has 1 N–H and O–H groups in total. The largest absolute Gasteiger partial charge is 0.372 e. The Kier molecular flexibility index (Phi) is 6.27. The standard InChI is InChI=1S/C21H30N2O2/c1-16-14-23(15-17(2)25-16)21(24)20-10-8-19(9-11-20)13-22-12-18-6-4-3-5-7-18/h3-4,8-11,16-18,22H,5-7,12-15H2,1-2H3. The number of nitrogens with zero attached hydrogens (tertiary/aromatic N) is 1. The van der Waals surface area contributed by atoms with Crippen LogP contribution in [0.4, 0.5) is 0 Å². The molecular formula is C21H30N2O2. The lowest BCUT2D eigenvalue weighted by Crippen LogP contribution is -2.48. The minimum absolute atomic E-state index is 0.103. The molecule has 1 aliphatic carbocycles. The first-order chi connectivity index (χ1) is 12.1. The molecule has 0 bridgehead atoms. The Balaban J connectivity index is 1.49. The van der Waals surface area contributed by atoms with E-state index in [1.165, 1.54) is 24.8 Å². The summed E-state index contributed by atoms with van der Waals surface area (Å²) in [5, 5.41) is 3.55. The molecule has 2 aliphatic rings. The van der Waals surface area contributed by atoms with Crippen LogP contribution in [-0.2, 0) is 11.3 Å². The van der Waals surface area contributed by atoms with Crippen molar-refractivity contribution in [3.8, 4) is 0 Å². The van der Waals surface area contributed by atoms with Gasteiger partial charge in [-0.25, -0.2) is 0 Å². The van der Waals surface area contributed by atoms with Gasteiger partial charge in [-0.05, 0) is 63.3 Å². The molecule has 4 nitrogen and oxygen atoms in total. The Morgan fingerprint density at radius 1 is 1.16 bits per heavy atom. The topological polar surface area (TPSA) is 41.6 Å². The highest BCUT2D eigenvalue weighted by Gasteiger charge is 2.26. The fourth-order valence-corrected chi connectivity index (χ4v) is 3.75. The van der Waals surface area contributed by atoms with E-state index in [9.17, 15) is 4.79 Å². The lowest BCUT2D eigenvalue weighted by atomic mass is 9.94. The Bertz CT molecular complexity index is 586. The van der Waals surface area contributed by atoms with Crippen molar-refractivity contribution in [1.82, 2.24) is 10.2 Å². The van der Waals surface area contributed by atoms with E-state index in [2.05, 4.69) is 29.6 Å². The second-order valence-corrected chi connectivity index (χ2v) is 7.45. The number of carbonyl (C=O) groups is 1. The summed E-state index contributed by atoms with van der Waals surface area (Å²) >= 11 is 0. The molecule has 0 radical (unpaired) electrons. The first kappa shape index (κ1) is 18.2. The Morgan fingerprint density at radius 2 is 1.88 bits per heavy atom. The number of hydrogen-bond donors (Lipinski definition) is 1. The summed E-state index contributed by atoms with van der Waals surface area (Å²) in [5.74, 6) is 0.867. The number of benzene rings is 1. The van der Waals surface area contributed by atoms with Gasteiger partial charge in [0, 0.05) is 25.2 Å². The van der Waals surface area contributed by atoms with Crippen molar-refractivity contribution in [2.75, 3.05) is 19.6 Å². The van der Waals surface area contributed by atoms with E-state index in [1.807, 2.05) is 30.9 Å². The average molecular weight is 342 g/mol. The molecule has 3 atom stereocenters. The third-order valence-corrected chi connectivity index (χ3v) is 5.05. The van der Waals surface area contributed by atoms with Gasteiger partial charge in [0.25, 0.3) is 5.91 Å². The van der Waals surface area contributed by atoms with Gasteiger partial charge in [0.1, 0.15) is 0 Å². The van der Waals surface area contributed by atoms with E-state index in [-0.39, 0.29) is 18.1 Å². The van der Waals surface area contributed by atoms with Gasteiger partial charge in [-0.15, -0.1) is 0 Å². The van der Waals surface area contributed by atoms with Crippen molar-refractivity contribution in [1.29, 1.82) is 0 Å². The van der Waals surface area contributed by atoms with Crippen LogP contribution in [0.15, 0.2) is 36.4 Å². The van der Waals surface area contributed by atoms with Crippen LogP contribution in [0.2, 0.25) is 0 Å². The lowest BCUT2D eigenvalue weighted by molar-refractivity contribution is -0.0586. The molecule has 1 amide bonds. The zero-order chi connectivity index (χ0) is 17.6. The predicted molar refractivity (Wildman–Crippen MR) is 101 cm³/mol. The van der Waals surface area contributed by atoms with Gasteiger partial charge in [0.2, 0.25) is 0 Å². The van der Waals surface area contributed by atoms with Crippen LogP contribution < -0.4 is 5.32 Å². The molecule has 25 heavy (non-hydrogen) atoms. The molecule has 0 saturated carbocycles. The zero-order valence-electron chi connectivity index (χ0n) is 15.4. The lowest BCUT2D eigenvalue weighted by Gasteiger charge is -2.35. The van der Waals surface area contributed by atoms with Crippen LogP contribution in [0.25, 0.3) is 0 Å². The van der Waals surface area contributed by atoms with E-state index in [0.29, 0.717) is 13.1 Å². The molecule has 3 rings (SSSR count). The van der Waals surface area contributed by atoms with E-state index in [1.54, 1.807) is 0 Å². The number of hydrogen-bond acceptors (Lipinski definition) is 3. The average Bonchev–Trinajstić information content (AvgIpc) is 2.62. The molecule has 1 fully saturated rings. The van der Waals surface area contributed by atoms with E-state index in [0.717, 1.165) is 24.6 Å². The van der Waals surface area contributed by atoms with Crippen LogP contribution in [-0.4, -0.2) is 42.6 Å². The summed E-state index contributed by atoms with van der Waals surface area (Å²) in [5.41, 5.74) is 1.99. The molecule has 1 aromatic carbocycles. The monoisotopic (exact) mass is 342 g/mol. The summed E-state index contributed by atoms with van der Waals surface area (Å²) in [7, 11) is 0. The van der Waals surface area contributed by atoms with Crippen molar-refractivity contribution in [2.45, 2.75) is 51.9 Å². The summed E-state index contributed by atoms with van der Waals surface area (Å²) in [6.45, 7) is 7.30. The van der Waals surface area contributed by atoms with E-state index >= 15 is 0 Å². The summed E-state index contributed by atoms with van der Waals surface area (Å²) in [6.07, 6.45) is 8.47. The smallest absolute Gasteiger partial charge is 0.254 e. The van der Waals surface area contributed by atoms with Crippen LogP contribution in [0, 0.1) is 5.92 Å². The second-order valence-electron chi connectivity index (χ2n) is 7.45. The maximum absolute atomic E-state index is 12.7. The third-order valence-electron chi connectivity index (χ3n) is 5.05. The van der Waals surface area contributed by atoms with Gasteiger partial charge in [-0.1, -0.05) is 24.3 Å². The highest BCUT2D eigenvalue weighted by molar-refractivity contribution is 5.94. The van der Waals surface area contributed by atoms with Gasteiger partial charge in [0.15, 0.2) is 0 Å². The SMILES string of the molecule is CC1CN(C(=O)c2ccc(CNCC3CC=CCC3)cc2)CC(C)O1. The number of rotatable bonds is 5. The fraction of sp³-hybridized carbons (Fsp3) is 0.571. The second kappa shape index (κ2) is 8.63. The third kappa shape index (κ3) is 5.16. The number of allylic oxidation sites excluding steroid dienone is 2. The molecule has 1 saturated heterocycles. The zero-order valence-corrected chi connectivity index (χ0v) is 15.4. The highest BCUT2D eigenvalue weighted by Crippen LogP contribution is 2.17. The van der Waals surface area contributed by atoms with Crippen molar-refractivity contribution >= 4 is 5.91 Å². The molecule has 3 unspecified atom stereocenters. The van der Waals surface area contributed by atoms with Gasteiger partial charge in [-0.2, -0.15) is 0 Å². The predicted octanol–water partition coefficient (Wildman–Crippen LogP) is 3.38. The number of carbonyl (C=O) groups excluding carboxylic acids is 1. The first-order valence-electron chi connectivity index (χ1n) is 9.51. The molecule has 136 valence electrons. The van der Waals surface area contributed by atoms with E-state index in [4.69, 9.17) is 4.74 Å². The molecular weight excluding hydrogens is 312 g/mol. The number of morpholine rings is 1. The summed E-state index contributed by atoms with van der Waals surface area (Å²) < 4.78 is 5.71. The molecule has 1 aromatic rings. The number of nitrogens with one attached hydrogen (secondary N) is 1. The molecule has 1 aliphatic heterocycles. The number of amides is 1. The maximum atomic E-state index is 12.7. The Morgan fingerprint density at radius 3 is 2.52 bits per heavy atom. The molecule has 0 aromatic heterocycles.